The Labute approximate surface area is 141 Å². The minimum absolute atomic E-state index is 0.0224. The summed E-state index contributed by atoms with van der Waals surface area (Å²) in [6.45, 7) is 12.5. The zero-order valence-corrected chi connectivity index (χ0v) is 15.9. The van der Waals surface area contributed by atoms with Crippen molar-refractivity contribution in [1.82, 2.24) is 0 Å². The molecule has 132 valence electrons. The van der Waals surface area contributed by atoms with Gasteiger partial charge in [-0.15, -0.1) is 0 Å². The van der Waals surface area contributed by atoms with Gasteiger partial charge in [0.1, 0.15) is 5.75 Å². The highest BCUT2D eigenvalue weighted by Crippen LogP contribution is 2.44. The molecule has 0 aliphatic heterocycles. The van der Waals surface area contributed by atoms with E-state index >= 15 is 0 Å². The van der Waals surface area contributed by atoms with Crippen LogP contribution in [0.15, 0.2) is 24.3 Å². The van der Waals surface area contributed by atoms with Crippen LogP contribution < -0.4 is 4.52 Å². The number of benzene rings is 1. The van der Waals surface area contributed by atoms with Gasteiger partial charge in [-0.3, -0.25) is 4.79 Å². The van der Waals surface area contributed by atoms with E-state index in [0.29, 0.717) is 19.0 Å². The molecule has 0 aromatic heterocycles. The lowest BCUT2D eigenvalue weighted by molar-refractivity contribution is -0.138. The minimum atomic E-state index is -1.47. The van der Waals surface area contributed by atoms with E-state index in [1.807, 2.05) is 65.8 Å². The molecule has 1 aromatic carbocycles. The van der Waals surface area contributed by atoms with Crippen LogP contribution in [0.1, 0.15) is 53.5 Å². The number of rotatable bonds is 9. The molecule has 1 N–H and O–H groups in total. The smallest absolute Gasteiger partial charge is 0.397 e. The van der Waals surface area contributed by atoms with Crippen LogP contribution in [0.3, 0.4) is 0 Å². The van der Waals surface area contributed by atoms with Crippen LogP contribution in [0.2, 0.25) is 0 Å². The monoisotopic (exact) mass is 344 g/mol. The van der Waals surface area contributed by atoms with Gasteiger partial charge in [0.25, 0.3) is 0 Å². The van der Waals surface area contributed by atoms with E-state index in [1.54, 1.807) is 0 Å². The van der Waals surface area contributed by atoms with Crippen LogP contribution in [0.5, 0.6) is 5.75 Å². The fourth-order valence-electron chi connectivity index (χ4n) is 1.96. The Morgan fingerprint density at radius 2 is 1.65 bits per heavy atom. The molecule has 0 atom stereocenters. The number of para-hydroxylation sites is 1. The summed E-state index contributed by atoms with van der Waals surface area (Å²) in [5.74, 6) is -0.233. The fourth-order valence-corrected chi connectivity index (χ4v) is 2.88. The highest BCUT2D eigenvalue weighted by Gasteiger charge is 2.28. The number of carboxylic acid groups (broad SMARTS) is 1. The number of aliphatic carboxylic acids is 1. The Hall–Kier alpha value is -1.16. The average molecular weight is 344 g/mol. The molecule has 0 amide bonds. The maximum absolute atomic E-state index is 11.0. The van der Waals surface area contributed by atoms with Crippen LogP contribution in [-0.2, 0) is 19.3 Å². The standard InChI is InChI=1S/C15H23O5P.C2H6/c1-5-18-21(19-6-2)20-13-10-8-7-9-12(13)15(3,4)11-14(16)17;1-2/h7-10H,5-6,11H2,1-4H3,(H,16,17);1-2H3. The molecule has 0 aliphatic rings. The first-order chi connectivity index (χ1) is 10.9. The molecular formula is C17H29O5P. The lowest BCUT2D eigenvalue weighted by atomic mass is 9.81. The molecular weight excluding hydrogens is 315 g/mol. The van der Waals surface area contributed by atoms with Gasteiger partial charge in [-0.25, -0.2) is 0 Å². The maximum atomic E-state index is 11.0. The summed E-state index contributed by atoms with van der Waals surface area (Å²) in [7, 11) is -1.47. The van der Waals surface area contributed by atoms with Gasteiger partial charge in [0.2, 0.25) is 0 Å². The number of carboxylic acids is 1. The highest BCUT2D eigenvalue weighted by atomic mass is 31.2. The summed E-state index contributed by atoms with van der Waals surface area (Å²) >= 11 is 0. The summed E-state index contributed by atoms with van der Waals surface area (Å²) < 4.78 is 16.7. The van der Waals surface area contributed by atoms with Gasteiger partial charge in [0.05, 0.1) is 19.6 Å². The van der Waals surface area contributed by atoms with Crippen LogP contribution in [0.25, 0.3) is 0 Å². The van der Waals surface area contributed by atoms with Crippen LogP contribution >= 0.6 is 8.60 Å². The molecule has 0 fully saturated rings. The van der Waals surface area contributed by atoms with Gasteiger partial charge in [0, 0.05) is 11.0 Å². The molecule has 0 radical (unpaired) electrons. The second-order valence-electron chi connectivity index (χ2n) is 5.10. The number of hydrogen-bond donors (Lipinski definition) is 1. The lowest BCUT2D eigenvalue weighted by Gasteiger charge is -2.26. The topological polar surface area (TPSA) is 65.0 Å². The van der Waals surface area contributed by atoms with Gasteiger partial charge in [0.15, 0.2) is 0 Å². The highest BCUT2D eigenvalue weighted by molar-refractivity contribution is 7.42. The van der Waals surface area contributed by atoms with E-state index in [1.165, 1.54) is 0 Å². The van der Waals surface area contributed by atoms with E-state index in [-0.39, 0.29) is 6.42 Å². The lowest BCUT2D eigenvalue weighted by Crippen LogP contribution is -2.22. The molecule has 0 saturated heterocycles. The SMILES string of the molecule is CC.CCOP(OCC)Oc1ccccc1C(C)(C)CC(=O)O. The first-order valence-electron chi connectivity index (χ1n) is 7.96. The van der Waals surface area contributed by atoms with Crippen molar-refractivity contribution in [3.8, 4) is 5.75 Å². The van der Waals surface area contributed by atoms with Crippen LogP contribution in [-0.4, -0.2) is 24.3 Å². The maximum Gasteiger partial charge on any atom is 0.397 e. The Morgan fingerprint density at radius 3 is 2.13 bits per heavy atom. The quantitative estimate of drug-likeness (QED) is 0.628. The fraction of sp³-hybridized carbons (Fsp3) is 0.588. The second-order valence-corrected chi connectivity index (χ2v) is 6.25. The Bertz CT molecular complexity index is 456. The third kappa shape index (κ3) is 7.78. The Morgan fingerprint density at radius 1 is 1.13 bits per heavy atom. The summed E-state index contributed by atoms with van der Waals surface area (Å²) in [4.78, 5) is 11.0. The normalized spacial score (nSPS) is 10.9. The molecule has 0 heterocycles. The molecule has 0 aliphatic carbocycles. The van der Waals surface area contributed by atoms with Crippen molar-refractivity contribution in [3.05, 3.63) is 29.8 Å². The first-order valence-corrected chi connectivity index (χ1v) is 9.05. The second kappa shape index (κ2) is 11.4. The van der Waals surface area contributed by atoms with E-state index in [0.717, 1.165) is 5.56 Å². The summed E-state index contributed by atoms with van der Waals surface area (Å²) in [5, 5.41) is 9.07. The first kappa shape index (κ1) is 21.8. The molecule has 1 aromatic rings. The molecule has 23 heavy (non-hydrogen) atoms. The van der Waals surface area contributed by atoms with Crippen LogP contribution in [0, 0.1) is 0 Å². The van der Waals surface area contributed by atoms with Crippen molar-refractivity contribution in [2.75, 3.05) is 13.2 Å². The predicted octanol–water partition coefficient (Wildman–Crippen LogP) is 5.14. The van der Waals surface area contributed by atoms with E-state index in [9.17, 15) is 4.79 Å². The van der Waals surface area contributed by atoms with Crippen molar-refractivity contribution < 1.29 is 23.5 Å². The molecule has 6 heteroatoms. The van der Waals surface area contributed by atoms with Crippen molar-refractivity contribution in [2.45, 2.75) is 53.4 Å². The molecule has 0 bridgehead atoms. The van der Waals surface area contributed by atoms with Crippen molar-refractivity contribution in [3.63, 3.8) is 0 Å². The van der Waals surface area contributed by atoms with Crippen LogP contribution in [0.4, 0.5) is 0 Å². The summed E-state index contributed by atoms with van der Waals surface area (Å²) in [5.41, 5.74) is 0.293. The van der Waals surface area contributed by atoms with Gasteiger partial charge in [-0.05, 0) is 19.9 Å². The molecule has 1 rings (SSSR count). The Balaban J connectivity index is 0.00000232. The largest absolute Gasteiger partial charge is 0.481 e. The minimum Gasteiger partial charge on any atom is -0.481 e. The van der Waals surface area contributed by atoms with Gasteiger partial charge < -0.3 is 18.7 Å². The number of hydrogen-bond acceptors (Lipinski definition) is 4. The van der Waals surface area contributed by atoms with Crippen molar-refractivity contribution >= 4 is 14.6 Å². The molecule has 0 saturated carbocycles. The van der Waals surface area contributed by atoms with Gasteiger partial charge in [-0.1, -0.05) is 45.9 Å². The van der Waals surface area contributed by atoms with Crippen molar-refractivity contribution in [2.24, 2.45) is 0 Å². The molecule has 5 nitrogen and oxygen atoms in total. The van der Waals surface area contributed by atoms with E-state index in [4.69, 9.17) is 18.7 Å². The predicted molar refractivity (Wildman–Crippen MR) is 93.9 cm³/mol. The summed E-state index contributed by atoms with van der Waals surface area (Å²) in [6, 6.07) is 7.41. The third-order valence-corrected chi connectivity index (χ3v) is 4.14. The molecule has 0 spiro atoms. The van der Waals surface area contributed by atoms with E-state index < -0.39 is 20.0 Å². The zero-order valence-electron chi connectivity index (χ0n) is 15.0. The van der Waals surface area contributed by atoms with Gasteiger partial charge >= 0.3 is 14.6 Å². The molecule has 0 unspecified atom stereocenters. The Kier molecular flexibility index (Phi) is 10.8. The average Bonchev–Trinajstić information content (AvgIpc) is 2.49. The van der Waals surface area contributed by atoms with Gasteiger partial charge in [-0.2, -0.15) is 0 Å². The van der Waals surface area contributed by atoms with E-state index in [2.05, 4.69) is 0 Å². The number of carbonyl (C=O) groups is 1. The third-order valence-electron chi connectivity index (χ3n) is 2.85. The zero-order chi connectivity index (χ0) is 17.9. The van der Waals surface area contributed by atoms with Crippen molar-refractivity contribution in [1.29, 1.82) is 0 Å². The summed E-state index contributed by atoms with van der Waals surface area (Å²) in [6.07, 6.45) is 0.0224.